The van der Waals surface area contributed by atoms with Gasteiger partial charge in [0, 0.05) is 10.4 Å². The van der Waals surface area contributed by atoms with Crippen molar-refractivity contribution in [2.75, 3.05) is 0 Å². The van der Waals surface area contributed by atoms with Crippen LogP contribution in [0.1, 0.15) is 43.8 Å². The van der Waals surface area contributed by atoms with Crippen LogP contribution in [0.25, 0.3) is 5.69 Å². The van der Waals surface area contributed by atoms with Crippen LogP contribution in [-0.2, 0) is 0 Å². The molecule has 0 atom stereocenters. The highest BCUT2D eigenvalue weighted by molar-refractivity contribution is 9.10. The first-order valence-electron chi connectivity index (χ1n) is 6.49. The van der Waals surface area contributed by atoms with Gasteiger partial charge in [-0.25, -0.2) is 0 Å². The largest absolute Gasteiger partial charge is 0.197 e. The van der Waals surface area contributed by atoms with Gasteiger partial charge in [-0.3, -0.25) is 0 Å². The van der Waals surface area contributed by atoms with Gasteiger partial charge in [0.2, 0.25) is 0 Å². The Balaban J connectivity index is 1.96. The van der Waals surface area contributed by atoms with Gasteiger partial charge >= 0.3 is 0 Å². The molecule has 0 aliphatic heterocycles. The molecule has 0 radical (unpaired) electrons. The maximum atomic E-state index is 6.02. The van der Waals surface area contributed by atoms with Crippen LogP contribution in [0.4, 0.5) is 0 Å². The lowest BCUT2D eigenvalue weighted by molar-refractivity contribution is 0.422. The van der Waals surface area contributed by atoms with Crippen LogP contribution in [-0.4, -0.2) is 20.2 Å². The topological polar surface area (TPSA) is 43.6 Å². The van der Waals surface area contributed by atoms with Gasteiger partial charge in [-0.05, 0) is 57.4 Å². The predicted molar refractivity (Wildman–Crippen MR) is 77.7 cm³/mol. The zero-order chi connectivity index (χ0) is 13.2. The lowest BCUT2D eigenvalue weighted by Crippen LogP contribution is -2.12. The normalized spacial score (nSPS) is 16.7. The van der Waals surface area contributed by atoms with E-state index in [2.05, 4.69) is 31.5 Å². The molecule has 1 aromatic heterocycles. The molecule has 4 nitrogen and oxygen atoms in total. The first-order valence-corrected chi connectivity index (χ1v) is 7.66. The maximum absolute atomic E-state index is 6.02. The van der Waals surface area contributed by atoms with E-state index in [4.69, 9.17) is 11.6 Å². The molecule has 19 heavy (non-hydrogen) atoms. The number of halogens is 2. The van der Waals surface area contributed by atoms with Crippen LogP contribution in [0.2, 0.25) is 5.02 Å². The number of benzene rings is 1. The molecule has 0 amide bonds. The summed E-state index contributed by atoms with van der Waals surface area (Å²) in [5, 5.41) is 12.9. The van der Waals surface area contributed by atoms with Crippen molar-refractivity contribution in [3.8, 4) is 5.69 Å². The summed E-state index contributed by atoms with van der Waals surface area (Å²) in [4.78, 5) is 0. The molecular weight excluding hydrogens is 328 g/mol. The van der Waals surface area contributed by atoms with E-state index >= 15 is 0 Å². The molecular formula is C13H14BrClN4. The van der Waals surface area contributed by atoms with Gasteiger partial charge in [-0.2, -0.15) is 4.68 Å². The second-order valence-corrected chi connectivity index (χ2v) is 6.14. The highest BCUT2D eigenvalue weighted by atomic mass is 79.9. The van der Waals surface area contributed by atoms with Gasteiger partial charge < -0.3 is 0 Å². The van der Waals surface area contributed by atoms with Crippen LogP contribution in [0.15, 0.2) is 22.7 Å². The molecule has 1 aliphatic carbocycles. The summed E-state index contributed by atoms with van der Waals surface area (Å²) >= 11 is 9.46. The third kappa shape index (κ3) is 2.67. The predicted octanol–water partition coefficient (Wildman–Crippen LogP) is 4.13. The summed E-state index contributed by atoms with van der Waals surface area (Å²) in [6.45, 7) is 0. The lowest BCUT2D eigenvalue weighted by Gasteiger charge is -2.20. The van der Waals surface area contributed by atoms with E-state index in [0.29, 0.717) is 10.9 Å². The molecule has 3 rings (SSSR count). The molecule has 1 aliphatic rings. The Morgan fingerprint density at radius 1 is 1.21 bits per heavy atom. The summed E-state index contributed by atoms with van der Waals surface area (Å²) < 4.78 is 2.69. The minimum Gasteiger partial charge on any atom is -0.197 e. The number of rotatable bonds is 2. The molecule has 1 aromatic carbocycles. The zero-order valence-corrected chi connectivity index (χ0v) is 12.7. The lowest BCUT2D eigenvalue weighted by atomic mass is 9.89. The molecule has 0 N–H and O–H groups in total. The van der Waals surface area contributed by atoms with Crippen molar-refractivity contribution in [1.82, 2.24) is 20.2 Å². The van der Waals surface area contributed by atoms with Gasteiger partial charge in [0.05, 0.1) is 10.7 Å². The van der Waals surface area contributed by atoms with E-state index in [9.17, 15) is 0 Å². The first kappa shape index (κ1) is 13.1. The van der Waals surface area contributed by atoms with Crippen LogP contribution in [0, 0.1) is 0 Å². The number of tetrazole rings is 1. The Bertz CT molecular complexity index is 578. The smallest absolute Gasteiger partial charge is 0.159 e. The average Bonchev–Trinajstić information content (AvgIpc) is 2.92. The standard InChI is InChI=1S/C13H14BrClN4/c14-11-8-10(6-7-12(11)15)19-13(16-17-18-19)9-4-2-1-3-5-9/h6-9H,1-5H2. The third-order valence-corrected chi connectivity index (χ3v) is 4.83. The molecule has 1 fully saturated rings. The molecule has 0 unspecified atom stereocenters. The van der Waals surface area contributed by atoms with Crippen molar-refractivity contribution in [2.45, 2.75) is 38.0 Å². The number of nitrogens with zero attached hydrogens (tertiary/aromatic N) is 4. The minimum absolute atomic E-state index is 0.471. The van der Waals surface area contributed by atoms with E-state index in [-0.39, 0.29) is 0 Å². The molecule has 0 spiro atoms. The van der Waals surface area contributed by atoms with E-state index in [1.165, 1.54) is 32.1 Å². The van der Waals surface area contributed by atoms with E-state index < -0.39 is 0 Å². The Labute approximate surface area is 125 Å². The second kappa shape index (κ2) is 5.59. The van der Waals surface area contributed by atoms with Gasteiger partial charge in [0.1, 0.15) is 0 Å². The third-order valence-electron chi connectivity index (χ3n) is 3.61. The van der Waals surface area contributed by atoms with Crippen molar-refractivity contribution < 1.29 is 0 Å². The summed E-state index contributed by atoms with van der Waals surface area (Å²) in [6, 6.07) is 5.74. The van der Waals surface area contributed by atoms with E-state index in [1.807, 2.05) is 22.9 Å². The van der Waals surface area contributed by atoms with Gasteiger partial charge in [0.15, 0.2) is 5.82 Å². The highest BCUT2D eigenvalue weighted by Gasteiger charge is 2.22. The van der Waals surface area contributed by atoms with Gasteiger partial charge in [-0.15, -0.1) is 5.10 Å². The zero-order valence-electron chi connectivity index (χ0n) is 10.4. The highest BCUT2D eigenvalue weighted by Crippen LogP contribution is 2.32. The Morgan fingerprint density at radius 2 is 2.00 bits per heavy atom. The van der Waals surface area contributed by atoms with E-state index in [1.54, 1.807) is 0 Å². The van der Waals surface area contributed by atoms with Crippen molar-refractivity contribution in [2.24, 2.45) is 0 Å². The molecule has 6 heteroatoms. The number of hydrogen-bond acceptors (Lipinski definition) is 3. The number of aromatic nitrogens is 4. The molecule has 1 saturated carbocycles. The Morgan fingerprint density at radius 3 is 2.74 bits per heavy atom. The van der Waals surface area contributed by atoms with Crippen LogP contribution >= 0.6 is 27.5 Å². The molecule has 100 valence electrons. The maximum Gasteiger partial charge on any atom is 0.159 e. The van der Waals surface area contributed by atoms with Crippen molar-refractivity contribution in [1.29, 1.82) is 0 Å². The van der Waals surface area contributed by atoms with E-state index in [0.717, 1.165) is 16.0 Å². The van der Waals surface area contributed by atoms with Crippen LogP contribution in [0.3, 0.4) is 0 Å². The summed E-state index contributed by atoms with van der Waals surface area (Å²) in [6.07, 6.45) is 6.21. The fourth-order valence-corrected chi connectivity index (χ4v) is 3.09. The van der Waals surface area contributed by atoms with Crippen molar-refractivity contribution >= 4 is 27.5 Å². The Kier molecular flexibility index (Phi) is 3.84. The fraction of sp³-hybridized carbons (Fsp3) is 0.462. The quantitative estimate of drug-likeness (QED) is 0.825. The summed E-state index contributed by atoms with van der Waals surface area (Å²) in [5.74, 6) is 1.44. The minimum atomic E-state index is 0.471. The number of hydrogen-bond donors (Lipinski definition) is 0. The fourth-order valence-electron chi connectivity index (χ4n) is 2.61. The van der Waals surface area contributed by atoms with Crippen LogP contribution in [0.5, 0.6) is 0 Å². The molecule has 0 bridgehead atoms. The molecule has 1 heterocycles. The van der Waals surface area contributed by atoms with Gasteiger partial charge in [-0.1, -0.05) is 30.9 Å². The summed E-state index contributed by atoms with van der Waals surface area (Å²) in [7, 11) is 0. The second-order valence-electron chi connectivity index (χ2n) is 4.88. The molecule has 2 aromatic rings. The van der Waals surface area contributed by atoms with Gasteiger partial charge in [0.25, 0.3) is 0 Å². The van der Waals surface area contributed by atoms with Crippen molar-refractivity contribution in [3.05, 3.63) is 33.5 Å². The SMILES string of the molecule is Clc1ccc(-n2nnnc2C2CCCCC2)cc1Br. The Hall–Kier alpha value is -0.940. The van der Waals surface area contributed by atoms with Crippen LogP contribution < -0.4 is 0 Å². The first-order chi connectivity index (χ1) is 9.25. The van der Waals surface area contributed by atoms with Crippen molar-refractivity contribution in [3.63, 3.8) is 0 Å². The monoisotopic (exact) mass is 340 g/mol. The average molecular weight is 342 g/mol. The molecule has 0 saturated heterocycles. The summed E-state index contributed by atoms with van der Waals surface area (Å²) in [5.41, 5.74) is 0.946.